The molecule has 2 aromatic rings. The van der Waals surface area contributed by atoms with Crippen LogP contribution in [0, 0.1) is 0 Å². The Morgan fingerprint density at radius 2 is 1.84 bits per heavy atom. The van der Waals surface area contributed by atoms with E-state index in [1.54, 1.807) is 30.3 Å². The maximum Gasteiger partial charge on any atom is 0.461 e. The molecule has 0 bridgehead atoms. The van der Waals surface area contributed by atoms with E-state index in [1.165, 1.54) is 7.05 Å². The van der Waals surface area contributed by atoms with E-state index in [0.717, 1.165) is 4.57 Å². The van der Waals surface area contributed by atoms with Gasteiger partial charge in [-0.2, -0.15) is 17.7 Å². The normalized spacial score (nSPS) is 11.6. The highest BCUT2D eigenvalue weighted by Crippen LogP contribution is 2.32. The van der Waals surface area contributed by atoms with E-state index in [0.29, 0.717) is 21.9 Å². The molecule has 7 heteroatoms. The van der Waals surface area contributed by atoms with E-state index in [4.69, 9.17) is 0 Å². The first-order chi connectivity index (χ1) is 8.82. The summed E-state index contributed by atoms with van der Waals surface area (Å²) in [5.74, 6) is -2.11. The number of benzene rings is 1. The van der Waals surface area contributed by atoms with Crippen LogP contribution in [0.15, 0.2) is 30.3 Å². The molecule has 100 valence electrons. The Morgan fingerprint density at radius 3 is 2.37 bits per heavy atom. The molecule has 0 N–H and O–H groups in total. The van der Waals surface area contributed by atoms with Crippen LogP contribution in [0.5, 0.6) is 5.06 Å². The summed E-state index contributed by atoms with van der Waals surface area (Å²) in [6.07, 6.45) is -5.05. The van der Waals surface area contributed by atoms with Gasteiger partial charge in [-0.15, -0.1) is 0 Å². The fourth-order valence-electron chi connectivity index (χ4n) is 1.66. The van der Waals surface area contributed by atoms with Crippen molar-refractivity contribution in [2.24, 2.45) is 7.05 Å². The van der Waals surface area contributed by atoms with Gasteiger partial charge in [0.2, 0.25) is 0 Å². The zero-order chi connectivity index (χ0) is 14.2. The van der Waals surface area contributed by atoms with Crippen molar-refractivity contribution in [3.05, 3.63) is 36.0 Å². The summed E-state index contributed by atoms with van der Waals surface area (Å²) < 4.78 is 38.2. The quantitative estimate of drug-likeness (QED) is 0.627. The van der Waals surface area contributed by atoms with Crippen LogP contribution in [0.2, 0.25) is 0 Å². The number of carbonyl (C=O) groups is 1. The first kappa shape index (κ1) is 13.5. The number of aromatic nitrogens is 1. The summed E-state index contributed by atoms with van der Waals surface area (Å²) in [4.78, 5) is 11.2. The molecule has 0 spiro atoms. The van der Waals surface area contributed by atoms with Gasteiger partial charge in [-0.25, -0.2) is 0 Å². The van der Waals surface area contributed by atoms with Crippen LogP contribution in [0.1, 0.15) is 10.5 Å². The molecule has 0 amide bonds. The second kappa shape index (κ2) is 4.65. The number of carbonyl (C=O) groups excluding carboxylic acids is 1. The predicted octanol–water partition coefficient (Wildman–Crippen LogP) is 2.06. The van der Waals surface area contributed by atoms with Crippen LogP contribution in [0.3, 0.4) is 0 Å². The number of alkyl halides is 3. The van der Waals surface area contributed by atoms with Crippen molar-refractivity contribution < 1.29 is 27.6 Å². The maximum atomic E-state index is 12.4. The van der Waals surface area contributed by atoms with Crippen LogP contribution in [-0.4, -0.2) is 12.0 Å². The van der Waals surface area contributed by atoms with E-state index in [-0.39, 0.29) is 0 Å². The predicted molar refractivity (Wildman–Crippen MR) is 60.8 cm³/mol. The largest absolute Gasteiger partial charge is 0.860 e. The average Bonchev–Trinajstić information content (AvgIpc) is 2.64. The van der Waals surface area contributed by atoms with Crippen molar-refractivity contribution in [3.8, 4) is 15.6 Å². The topological polar surface area (TPSA) is 44.0 Å². The number of Topliss-reactive ketones (excluding diaryl/α,β-unsaturated/α-hetero) is 1. The monoisotopic (exact) mass is 287 g/mol. The standard InChI is InChI=1S/C12H8F3NO2S/c1-16-8(9(17)12(13,14)15)11(18)19-10(16)7-5-3-2-4-6-7/h2-6H,1H3. The third kappa shape index (κ3) is 2.46. The molecule has 0 atom stereocenters. The molecule has 0 saturated carbocycles. The van der Waals surface area contributed by atoms with Crippen molar-refractivity contribution in [2.75, 3.05) is 0 Å². The van der Waals surface area contributed by atoms with Crippen molar-refractivity contribution in [1.82, 2.24) is 0 Å². The number of rotatable bonds is 2. The molecule has 0 radical (unpaired) electrons. The van der Waals surface area contributed by atoms with E-state index in [9.17, 15) is 23.1 Å². The molecule has 3 nitrogen and oxygen atoms in total. The molecule has 0 aliphatic carbocycles. The fraction of sp³-hybridized carbons (Fsp3) is 0.167. The summed E-state index contributed by atoms with van der Waals surface area (Å²) in [6.45, 7) is 0. The van der Waals surface area contributed by atoms with Gasteiger partial charge in [0.05, 0.1) is 5.56 Å². The Hall–Kier alpha value is -1.89. The third-order valence-electron chi connectivity index (χ3n) is 2.52. The lowest BCUT2D eigenvalue weighted by Crippen LogP contribution is -2.40. The summed E-state index contributed by atoms with van der Waals surface area (Å²) in [5.41, 5.74) is -0.260. The highest BCUT2D eigenvalue weighted by molar-refractivity contribution is 7.16. The van der Waals surface area contributed by atoms with E-state index in [1.807, 2.05) is 0 Å². The van der Waals surface area contributed by atoms with Crippen LogP contribution in [0.4, 0.5) is 13.2 Å². The van der Waals surface area contributed by atoms with Crippen molar-refractivity contribution in [2.45, 2.75) is 6.18 Å². The number of hydrogen-bond donors (Lipinski definition) is 0. The highest BCUT2D eigenvalue weighted by atomic mass is 32.1. The molecule has 0 fully saturated rings. The second-order valence-electron chi connectivity index (χ2n) is 3.80. The minimum atomic E-state index is -5.05. The summed E-state index contributed by atoms with van der Waals surface area (Å²) >= 11 is 0.625. The van der Waals surface area contributed by atoms with Gasteiger partial charge >= 0.3 is 12.0 Å². The van der Waals surface area contributed by atoms with Gasteiger partial charge in [0.15, 0.2) is 0 Å². The number of ketones is 1. The highest BCUT2D eigenvalue weighted by Gasteiger charge is 2.45. The third-order valence-corrected chi connectivity index (χ3v) is 3.60. The molecule has 1 aromatic carbocycles. The van der Waals surface area contributed by atoms with Crippen molar-refractivity contribution >= 4 is 17.1 Å². The van der Waals surface area contributed by atoms with Crippen LogP contribution in [0.25, 0.3) is 10.6 Å². The Kier molecular flexibility index (Phi) is 3.32. The second-order valence-corrected chi connectivity index (χ2v) is 4.76. The lowest BCUT2D eigenvalue weighted by atomic mass is 10.2. The molecule has 2 rings (SSSR count). The molecular weight excluding hydrogens is 279 g/mol. The molecular formula is C12H8F3NO2S. The molecule has 0 aliphatic rings. The molecule has 1 aromatic heterocycles. The first-order valence-corrected chi connectivity index (χ1v) is 6.01. The Labute approximate surface area is 110 Å². The number of thiazole rings is 1. The van der Waals surface area contributed by atoms with Gasteiger partial charge in [-0.05, 0) is 12.1 Å². The maximum absolute atomic E-state index is 12.4. The minimum Gasteiger partial charge on any atom is -0.860 e. The Bertz CT molecular complexity index is 620. The SMILES string of the molecule is C[n+]1c(-c2ccccc2)sc([O-])c1C(=O)C(F)(F)F. The van der Waals surface area contributed by atoms with Gasteiger partial charge < -0.3 is 5.11 Å². The van der Waals surface area contributed by atoms with E-state index >= 15 is 0 Å². The van der Waals surface area contributed by atoms with Gasteiger partial charge in [0.1, 0.15) is 7.05 Å². The lowest BCUT2D eigenvalue weighted by Gasteiger charge is -2.04. The zero-order valence-corrected chi connectivity index (χ0v) is 10.5. The van der Waals surface area contributed by atoms with Crippen LogP contribution < -0.4 is 9.67 Å². The molecule has 1 heterocycles. The van der Waals surface area contributed by atoms with Crippen LogP contribution in [-0.2, 0) is 7.05 Å². The Balaban J connectivity index is 2.56. The number of hydrogen-bond acceptors (Lipinski definition) is 3. The first-order valence-electron chi connectivity index (χ1n) is 5.19. The van der Waals surface area contributed by atoms with Gasteiger partial charge in [0.25, 0.3) is 10.7 Å². The van der Waals surface area contributed by atoms with Crippen LogP contribution >= 0.6 is 11.3 Å². The molecule has 0 unspecified atom stereocenters. The molecule has 19 heavy (non-hydrogen) atoms. The molecule has 0 aliphatic heterocycles. The van der Waals surface area contributed by atoms with Gasteiger partial charge in [-0.1, -0.05) is 29.5 Å². The van der Waals surface area contributed by atoms with E-state index in [2.05, 4.69) is 0 Å². The van der Waals surface area contributed by atoms with Crippen molar-refractivity contribution in [1.29, 1.82) is 0 Å². The minimum absolute atomic E-state index is 0.318. The number of nitrogens with zero attached hydrogens (tertiary/aromatic N) is 1. The van der Waals surface area contributed by atoms with Crippen molar-refractivity contribution in [3.63, 3.8) is 0 Å². The van der Waals surface area contributed by atoms with Gasteiger partial charge in [0, 0.05) is 5.06 Å². The summed E-state index contributed by atoms with van der Waals surface area (Å²) in [6, 6.07) is 8.47. The lowest BCUT2D eigenvalue weighted by molar-refractivity contribution is -0.660. The smallest absolute Gasteiger partial charge is 0.461 e. The zero-order valence-electron chi connectivity index (χ0n) is 9.69. The summed E-state index contributed by atoms with van der Waals surface area (Å²) in [5, 5.41) is 11.0. The molecule has 0 saturated heterocycles. The average molecular weight is 287 g/mol. The van der Waals surface area contributed by atoms with Gasteiger partial charge in [-0.3, -0.25) is 4.79 Å². The number of halogens is 3. The summed E-state index contributed by atoms with van der Waals surface area (Å²) in [7, 11) is 1.28. The fourth-order valence-corrected chi connectivity index (χ4v) is 2.64. The Morgan fingerprint density at radius 1 is 1.26 bits per heavy atom. The van der Waals surface area contributed by atoms with E-state index < -0.39 is 22.7 Å².